The van der Waals surface area contributed by atoms with E-state index >= 15 is 0 Å². The van der Waals surface area contributed by atoms with E-state index in [2.05, 4.69) is 20.9 Å². The fourth-order valence-electron chi connectivity index (χ4n) is 2.38. The van der Waals surface area contributed by atoms with Gasteiger partial charge in [0.1, 0.15) is 17.6 Å². The molecular weight excluding hydrogens is 240 g/mol. The lowest BCUT2D eigenvalue weighted by molar-refractivity contribution is 0.141. The zero-order valence-electron chi connectivity index (χ0n) is 11.3. The van der Waals surface area contributed by atoms with Gasteiger partial charge in [-0.15, -0.1) is 0 Å². The standard InChI is InChI=1S/C14H20N4O/c1-12(11-19)17-6-3-7-18(9-8-17)14-5-2-4-13(10-15)16-14/h2,4-5,12,19H,3,6-9,11H2,1H3/t12-/m1/s1. The van der Waals surface area contributed by atoms with E-state index in [4.69, 9.17) is 5.26 Å². The molecule has 0 aromatic carbocycles. The summed E-state index contributed by atoms with van der Waals surface area (Å²) in [4.78, 5) is 8.86. The van der Waals surface area contributed by atoms with Gasteiger partial charge < -0.3 is 10.0 Å². The van der Waals surface area contributed by atoms with E-state index in [0.29, 0.717) is 5.69 Å². The van der Waals surface area contributed by atoms with E-state index in [1.54, 1.807) is 6.07 Å². The summed E-state index contributed by atoms with van der Waals surface area (Å²) in [5.74, 6) is 0.873. The molecule has 5 nitrogen and oxygen atoms in total. The molecule has 1 N–H and O–H groups in total. The second-order valence-corrected chi connectivity index (χ2v) is 4.90. The maximum absolute atomic E-state index is 9.23. The quantitative estimate of drug-likeness (QED) is 0.872. The highest BCUT2D eigenvalue weighted by molar-refractivity contribution is 5.41. The molecule has 0 saturated carbocycles. The number of nitrogens with zero attached hydrogens (tertiary/aromatic N) is 4. The van der Waals surface area contributed by atoms with Crippen molar-refractivity contribution in [3.63, 3.8) is 0 Å². The Labute approximate surface area is 114 Å². The van der Waals surface area contributed by atoms with E-state index in [-0.39, 0.29) is 12.6 Å². The zero-order valence-corrected chi connectivity index (χ0v) is 11.3. The Balaban J connectivity index is 2.04. The van der Waals surface area contributed by atoms with Crippen LogP contribution >= 0.6 is 0 Å². The topological polar surface area (TPSA) is 63.4 Å². The molecule has 0 amide bonds. The maximum atomic E-state index is 9.23. The molecule has 0 bridgehead atoms. The van der Waals surface area contributed by atoms with Gasteiger partial charge in [0.25, 0.3) is 0 Å². The predicted octanol–water partition coefficient (Wildman–Crippen LogP) is 0.846. The predicted molar refractivity (Wildman–Crippen MR) is 73.9 cm³/mol. The van der Waals surface area contributed by atoms with Gasteiger partial charge >= 0.3 is 0 Å². The fourth-order valence-corrected chi connectivity index (χ4v) is 2.38. The minimum atomic E-state index is 0.197. The molecule has 2 rings (SSSR count). The Morgan fingerprint density at radius 3 is 2.95 bits per heavy atom. The lowest BCUT2D eigenvalue weighted by Gasteiger charge is -2.26. The van der Waals surface area contributed by atoms with Crippen molar-refractivity contribution in [2.45, 2.75) is 19.4 Å². The van der Waals surface area contributed by atoms with Gasteiger partial charge in [-0.1, -0.05) is 6.07 Å². The average Bonchev–Trinajstić information content (AvgIpc) is 2.72. The number of hydrogen-bond acceptors (Lipinski definition) is 5. The van der Waals surface area contributed by atoms with E-state index in [9.17, 15) is 5.11 Å². The summed E-state index contributed by atoms with van der Waals surface area (Å²) in [5, 5.41) is 18.1. The lowest BCUT2D eigenvalue weighted by Crippen LogP contribution is -2.38. The molecule has 1 fully saturated rings. The van der Waals surface area contributed by atoms with Crippen LogP contribution in [-0.2, 0) is 0 Å². The van der Waals surface area contributed by atoms with Crippen LogP contribution < -0.4 is 4.90 Å². The van der Waals surface area contributed by atoms with Crippen molar-refractivity contribution in [2.75, 3.05) is 37.7 Å². The first-order valence-corrected chi connectivity index (χ1v) is 6.71. The van der Waals surface area contributed by atoms with E-state index in [1.807, 2.05) is 19.1 Å². The van der Waals surface area contributed by atoms with Gasteiger partial charge in [-0.3, -0.25) is 4.90 Å². The van der Waals surface area contributed by atoms with Crippen LogP contribution in [0.1, 0.15) is 19.0 Å². The van der Waals surface area contributed by atoms with Crippen LogP contribution in [0.5, 0.6) is 0 Å². The molecule has 0 aliphatic carbocycles. The maximum Gasteiger partial charge on any atom is 0.142 e. The summed E-state index contributed by atoms with van der Waals surface area (Å²) in [6, 6.07) is 7.83. The van der Waals surface area contributed by atoms with Crippen LogP contribution in [0.15, 0.2) is 18.2 Å². The minimum absolute atomic E-state index is 0.197. The van der Waals surface area contributed by atoms with Gasteiger partial charge in [-0.05, 0) is 25.5 Å². The third-order valence-electron chi connectivity index (χ3n) is 3.59. The second kappa shape index (κ2) is 6.50. The lowest BCUT2D eigenvalue weighted by atomic mass is 10.3. The van der Waals surface area contributed by atoms with Crippen molar-refractivity contribution in [2.24, 2.45) is 0 Å². The minimum Gasteiger partial charge on any atom is -0.395 e. The van der Waals surface area contributed by atoms with Crippen molar-refractivity contribution in [1.82, 2.24) is 9.88 Å². The van der Waals surface area contributed by atoms with Crippen molar-refractivity contribution in [3.8, 4) is 6.07 Å². The van der Waals surface area contributed by atoms with Gasteiger partial charge in [-0.25, -0.2) is 4.98 Å². The molecule has 1 aromatic heterocycles. The molecule has 1 aromatic rings. The fraction of sp³-hybridized carbons (Fsp3) is 0.571. The molecule has 5 heteroatoms. The molecule has 1 aliphatic heterocycles. The van der Waals surface area contributed by atoms with Crippen LogP contribution in [-0.4, -0.2) is 53.8 Å². The molecule has 1 atom stereocenters. The summed E-state index contributed by atoms with van der Waals surface area (Å²) in [6.07, 6.45) is 1.04. The summed E-state index contributed by atoms with van der Waals surface area (Å²) in [5.41, 5.74) is 0.460. The normalized spacial score (nSPS) is 18.7. The van der Waals surface area contributed by atoms with E-state index < -0.39 is 0 Å². The van der Waals surface area contributed by atoms with Crippen molar-refractivity contribution in [1.29, 1.82) is 5.26 Å². The van der Waals surface area contributed by atoms with Gasteiger partial charge in [0.2, 0.25) is 0 Å². The highest BCUT2D eigenvalue weighted by Gasteiger charge is 2.19. The Morgan fingerprint density at radius 2 is 2.21 bits per heavy atom. The van der Waals surface area contributed by atoms with Crippen LogP contribution in [0.2, 0.25) is 0 Å². The number of aliphatic hydroxyl groups is 1. The Kier molecular flexibility index (Phi) is 4.72. The molecule has 0 spiro atoms. The smallest absolute Gasteiger partial charge is 0.142 e. The molecule has 19 heavy (non-hydrogen) atoms. The highest BCUT2D eigenvalue weighted by atomic mass is 16.3. The van der Waals surface area contributed by atoms with E-state index in [1.165, 1.54) is 0 Å². The molecule has 1 aliphatic rings. The molecule has 0 unspecified atom stereocenters. The van der Waals surface area contributed by atoms with Crippen LogP contribution in [0.25, 0.3) is 0 Å². The number of pyridine rings is 1. The van der Waals surface area contributed by atoms with Crippen molar-refractivity contribution in [3.05, 3.63) is 23.9 Å². The third kappa shape index (κ3) is 3.43. The molecule has 1 saturated heterocycles. The second-order valence-electron chi connectivity index (χ2n) is 4.90. The Bertz CT molecular complexity index is 457. The molecule has 102 valence electrons. The monoisotopic (exact) mass is 260 g/mol. The van der Waals surface area contributed by atoms with Crippen LogP contribution in [0, 0.1) is 11.3 Å². The summed E-state index contributed by atoms with van der Waals surface area (Å²) < 4.78 is 0. The highest BCUT2D eigenvalue weighted by Crippen LogP contribution is 2.15. The van der Waals surface area contributed by atoms with Gasteiger partial charge in [0, 0.05) is 32.2 Å². The first kappa shape index (κ1) is 13.8. The average molecular weight is 260 g/mol. The number of rotatable bonds is 3. The third-order valence-corrected chi connectivity index (χ3v) is 3.59. The largest absolute Gasteiger partial charge is 0.395 e. The number of anilines is 1. The zero-order chi connectivity index (χ0) is 13.7. The summed E-state index contributed by atoms with van der Waals surface area (Å²) >= 11 is 0. The van der Waals surface area contributed by atoms with Gasteiger partial charge in [0.05, 0.1) is 6.61 Å². The number of aliphatic hydroxyl groups excluding tert-OH is 1. The first-order chi connectivity index (χ1) is 9.24. The SMILES string of the molecule is C[C@H](CO)N1CCCN(c2cccc(C#N)n2)CC1. The van der Waals surface area contributed by atoms with Crippen molar-refractivity contribution >= 4 is 5.82 Å². The molecular formula is C14H20N4O. The number of aromatic nitrogens is 1. The van der Waals surface area contributed by atoms with Crippen molar-refractivity contribution < 1.29 is 5.11 Å². The Hall–Kier alpha value is -1.64. The summed E-state index contributed by atoms with van der Waals surface area (Å²) in [6.45, 7) is 5.98. The van der Waals surface area contributed by atoms with Crippen LogP contribution in [0.3, 0.4) is 0 Å². The first-order valence-electron chi connectivity index (χ1n) is 6.71. The number of hydrogen-bond donors (Lipinski definition) is 1. The summed E-state index contributed by atoms with van der Waals surface area (Å²) in [7, 11) is 0. The van der Waals surface area contributed by atoms with Gasteiger partial charge in [0.15, 0.2) is 0 Å². The molecule has 2 heterocycles. The van der Waals surface area contributed by atoms with Gasteiger partial charge in [-0.2, -0.15) is 5.26 Å². The molecule has 0 radical (unpaired) electrons. The Morgan fingerprint density at radius 1 is 1.37 bits per heavy atom. The van der Waals surface area contributed by atoms with E-state index in [0.717, 1.165) is 38.4 Å². The number of nitriles is 1. The van der Waals surface area contributed by atoms with Crippen LogP contribution in [0.4, 0.5) is 5.82 Å².